The third kappa shape index (κ3) is 5.18. The van der Waals surface area contributed by atoms with E-state index in [4.69, 9.17) is 0 Å². The Morgan fingerprint density at radius 3 is 2.05 bits per heavy atom. The fraction of sp³-hybridized carbons (Fsp3) is 0.0345. The van der Waals surface area contributed by atoms with Crippen LogP contribution in [0.3, 0.4) is 0 Å². The van der Waals surface area contributed by atoms with Gasteiger partial charge in [-0.3, -0.25) is 14.9 Å². The molecule has 0 atom stereocenters. The summed E-state index contributed by atoms with van der Waals surface area (Å²) in [6.45, 7) is -0.726. The van der Waals surface area contributed by atoms with Gasteiger partial charge >= 0.3 is 0 Å². The van der Waals surface area contributed by atoms with E-state index in [9.17, 15) is 23.3 Å². The number of hydrazone groups is 1. The summed E-state index contributed by atoms with van der Waals surface area (Å²) in [6, 6.07) is 30.4. The predicted octanol–water partition coefficient (Wildman–Crippen LogP) is 5.25. The standard InChI is InChI=1S/C29H22N4O5S/c34-29(31-30-19-26-24-14-6-4-10-21(24)18-22-11-5-7-15-25(22)26)20-32(27-16-8-9-17-28(27)33(35)36)39(37,38)23-12-2-1-3-13-23/h1-19H,20H2,(H,31,34)/b30-19-. The minimum atomic E-state index is -4.32. The summed E-state index contributed by atoms with van der Waals surface area (Å²) >= 11 is 0. The number of nitrogens with one attached hydrogen (secondary N) is 1. The number of rotatable bonds is 8. The average molecular weight is 539 g/mol. The number of hydrogen-bond donors (Lipinski definition) is 1. The fourth-order valence-corrected chi connectivity index (χ4v) is 5.83. The van der Waals surface area contributed by atoms with Gasteiger partial charge in [0.2, 0.25) is 0 Å². The molecule has 5 aromatic carbocycles. The van der Waals surface area contributed by atoms with E-state index in [1.165, 1.54) is 54.7 Å². The molecule has 0 saturated carbocycles. The Labute approximate surface area is 224 Å². The normalized spacial score (nSPS) is 11.6. The van der Waals surface area contributed by atoms with Crippen LogP contribution in [0.2, 0.25) is 0 Å². The lowest BCUT2D eigenvalue weighted by molar-refractivity contribution is -0.384. The first-order valence-corrected chi connectivity index (χ1v) is 13.3. The highest BCUT2D eigenvalue weighted by Crippen LogP contribution is 2.32. The number of benzene rings is 5. The van der Waals surface area contributed by atoms with E-state index < -0.39 is 33.1 Å². The summed E-state index contributed by atoms with van der Waals surface area (Å²) in [5.74, 6) is -0.770. The number of para-hydroxylation sites is 2. The van der Waals surface area contributed by atoms with Gasteiger partial charge < -0.3 is 0 Å². The number of anilines is 1. The Hall–Kier alpha value is -5.09. The van der Waals surface area contributed by atoms with Crippen LogP contribution in [0, 0.1) is 10.1 Å². The van der Waals surface area contributed by atoms with E-state index >= 15 is 0 Å². The summed E-state index contributed by atoms with van der Waals surface area (Å²) in [5.41, 5.74) is 2.50. The second-order valence-corrected chi connectivity index (χ2v) is 10.5. The Balaban J connectivity index is 1.48. The number of carbonyl (C=O) groups is 1. The molecular formula is C29H22N4O5S. The van der Waals surface area contributed by atoms with Crippen LogP contribution in [-0.2, 0) is 14.8 Å². The monoisotopic (exact) mass is 538 g/mol. The summed E-state index contributed by atoms with van der Waals surface area (Å²) in [7, 11) is -4.32. The van der Waals surface area contributed by atoms with Crippen molar-refractivity contribution in [2.45, 2.75) is 4.90 Å². The molecule has 0 aromatic heterocycles. The number of fused-ring (bicyclic) bond motifs is 2. The Bertz CT molecular complexity index is 1790. The number of nitro benzene ring substituents is 1. The minimum absolute atomic E-state index is 0.110. The van der Waals surface area contributed by atoms with E-state index in [1.807, 2.05) is 48.5 Å². The van der Waals surface area contributed by atoms with Gasteiger partial charge in [-0.1, -0.05) is 78.9 Å². The average Bonchev–Trinajstić information content (AvgIpc) is 2.96. The van der Waals surface area contributed by atoms with Crippen LogP contribution in [-0.4, -0.2) is 32.0 Å². The van der Waals surface area contributed by atoms with Crippen molar-refractivity contribution in [2.75, 3.05) is 10.8 Å². The van der Waals surface area contributed by atoms with E-state index in [1.54, 1.807) is 6.07 Å². The molecule has 9 nitrogen and oxygen atoms in total. The zero-order valence-electron chi connectivity index (χ0n) is 20.5. The first-order valence-electron chi connectivity index (χ1n) is 11.9. The molecule has 0 aliphatic carbocycles. The molecule has 0 saturated heterocycles. The van der Waals surface area contributed by atoms with Gasteiger partial charge in [0.15, 0.2) is 0 Å². The minimum Gasteiger partial charge on any atom is -0.271 e. The largest absolute Gasteiger partial charge is 0.293 e. The van der Waals surface area contributed by atoms with Crippen LogP contribution in [0.1, 0.15) is 5.56 Å². The number of nitrogens with zero attached hydrogens (tertiary/aromatic N) is 3. The molecule has 0 spiro atoms. The van der Waals surface area contributed by atoms with Crippen molar-refractivity contribution in [3.63, 3.8) is 0 Å². The second kappa shape index (κ2) is 10.7. The van der Waals surface area contributed by atoms with Gasteiger partial charge in [-0.25, -0.2) is 18.1 Å². The third-order valence-corrected chi connectivity index (χ3v) is 7.94. The fourth-order valence-electron chi connectivity index (χ4n) is 4.37. The first kappa shape index (κ1) is 25.6. The highest BCUT2D eigenvalue weighted by Gasteiger charge is 2.31. The molecule has 39 heavy (non-hydrogen) atoms. The molecule has 0 heterocycles. The van der Waals surface area contributed by atoms with Crippen LogP contribution in [0.25, 0.3) is 21.5 Å². The number of hydrogen-bond acceptors (Lipinski definition) is 6. The number of sulfonamides is 1. The van der Waals surface area contributed by atoms with Crippen LogP contribution in [0.5, 0.6) is 0 Å². The van der Waals surface area contributed by atoms with E-state index in [2.05, 4.69) is 16.6 Å². The SMILES string of the molecule is O=C(CN(c1ccccc1[N+](=O)[O-])S(=O)(=O)c1ccccc1)N/N=C\c1c2ccccc2cc2ccccc12. The summed E-state index contributed by atoms with van der Waals surface area (Å²) in [5, 5.41) is 19.7. The molecule has 0 bridgehead atoms. The number of carbonyl (C=O) groups excluding carboxylic acids is 1. The lowest BCUT2D eigenvalue weighted by atomic mass is 9.97. The van der Waals surface area contributed by atoms with Crippen LogP contribution < -0.4 is 9.73 Å². The van der Waals surface area contributed by atoms with E-state index in [0.717, 1.165) is 31.4 Å². The van der Waals surface area contributed by atoms with Gasteiger partial charge in [0, 0.05) is 11.6 Å². The molecule has 0 fully saturated rings. The number of nitro groups is 1. The maximum atomic E-state index is 13.5. The topological polar surface area (TPSA) is 122 Å². The smallest absolute Gasteiger partial charge is 0.271 e. The Morgan fingerprint density at radius 1 is 0.846 bits per heavy atom. The molecule has 1 N–H and O–H groups in total. The molecule has 0 unspecified atom stereocenters. The second-order valence-electron chi connectivity index (χ2n) is 8.60. The van der Waals surface area contributed by atoms with Crippen LogP contribution in [0.15, 0.2) is 119 Å². The number of amides is 1. The first-order chi connectivity index (χ1) is 18.9. The van der Waals surface area contributed by atoms with Gasteiger partial charge in [0.1, 0.15) is 12.2 Å². The molecule has 1 amide bonds. The molecule has 5 aromatic rings. The third-order valence-electron chi connectivity index (χ3n) is 6.16. The lowest BCUT2D eigenvalue weighted by Crippen LogP contribution is -2.39. The predicted molar refractivity (Wildman–Crippen MR) is 151 cm³/mol. The van der Waals surface area contributed by atoms with Crippen molar-refractivity contribution in [3.05, 3.63) is 125 Å². The maximum absolute atomic E-state index is 13.5. The molecule has 0 aliphatic rings. The van der Waals surface area contributed by atoms with Crippen molar-refractivity contribution in [2.24, 2.45) is 5.10 Å². The summed E-state index contributed by atoms with van der Waals surface area (Å²) in [6.07, 6.45) is 1.52. The van der Waals surface area contributed by atoms with Crippen molar-refractivity contribution in [1.82, 2.24) is 5.43 Å². The Kier molecular flexibility index (Phi) is 7.02. The van der Waals surface area contributed by atoms with Gasteiger partial charge in [-0.15, -0.1) is 0 Å². The summed E-state index contributed by atoms with van der Waals surface area (Å²) in [4.78, 5) is 23.9. The zero-order valence-corrected chi connectivity index (χ0v) is 21.3. The van der Waals surface area contributed by atoms with Crippen LogP contribution in [0.4, 0.5) is 11.4 Å². The highest BCUT2D eigenvalue weighted by atomic mass is 32.2. The van der Waals surface area contributed by atoms with Crippen molar-refractivity contribution < 1.29 is 18.1 Å². The van der Waals surface area contributed by atoms with Gasteiger partial charge in [-0.05, 0) is 45.8 Å². The van der Waals surface area contributed by atoms with Crippen molar-refractivity contribution >= 4 is 55.1 Å². The van der Waals surface area contributed by atoms with Crippen molar-refractivity contribution in [1.29, 1.82) is 0 Å². The van der Waals surface area contributed by atoms with E-state index in [0.29, 0.717) is 0 Å². The summed E-state index contributed by atoms with van der Waals surface area (Å²) < 4.78 is 27.8. The highest BCUT2D eigenvalue weighted by molar-refractivity contribution is 7.92. The zero-order chi connectivity index (χ0) is 27.4. The van der Waals surface area contributed by atoms with Crippen molar-refractivity contribution in [3.8, 4) is 0 Å². The lowest BCUT2D eigenvalue weighted by Gasteiger charge is -2.23. The van der Waals surface area contributed by atoms with Gasteiger partial charge in [0.05, 0.1) is 16.0 Å². The maximum Gasteiger partial charge on any atom is 0.293 e. The molecule has 10 heteroatoms. The van der Waals surface area contributed by atoms with E-state index in [-0.39, 0.29) is 10.6 Å². The molecule has 194 valence electrons. The molecule has 0 radical (unpaired) electrons. The molecule has 0 aliphatic heterocycles. The Morgan fingerprint density at radius 2 is 1.41 bits per heavy atom. The quantitative estimate of drug-likeness (QED) is 0.125. The van der Waals surface area contributed by atoms with Gasteiger partial charge in [-0.2, -0.15) is 5.10 Å². The molecule has 5 rings (SSSR count). The van der Waals surface area contributed by atoms with Crippen LogP contribution >= 0.6 is 0 Å². The van der Waals surface area contributed by atoms with Gasteiger partial charge in [0.25, 0.3) is 21.6 Å². The molecular weight excluding hydrogens is 516 g/mol.